The van der Waals surface area contributed by atoms with Crippen molar-refractivity contribution < 1.29 is 0 Å². The van der Waals surface area contributed by atoms with Crippen molar-refractivity contribution in [3.8, 4) is 0 Å². The number of pyridine rings is 1. The fourth-order valence-electron chi connectivity index (χ4n) is 2.05. The van der Waals surface area contributed by atoms with E-state index in [9.17, 15) is 0 Å². The molecule has 0 aliphatic carbocycles. The van der Waals surface area contributed by atoms with E-state index in [1.54, 1.807) is 0 Å². The summed E-state index contributed by atoms with van der Waals surface area (Å²) >= 11 is 0. The quantitative estimate of drug-likeness (QED) is 0.750. The number of hydrogen-bond donors (Lipinski definition) is 0. The largest absolute Gasteiger partial charge is 0.372 e. The molecular formula is C12H17N3. The van der Waals surface area contributed by atoms with Gasteiger partial charge in [-0.1, -0.05) is 0 Å². The molecule has 0 spiro atoms. The van der Waals surface area contributed by atoms with Crippen molar-refractivity contribution in [2.24, 2.45) is 4.99 Å². The number of anilines is 1. The van der Waals surface area contributed by atoms with Crippen molar-refractivity contribution in [2.75, 3.05) is 24.5 Å². The molecule has 1 aliphatic rings. The van der Waals surface area contributed by atoms with Crippen LogP contribution in [0.1, 0.15) is 25.1 Å². The van der Waals surface area contributed by atoms with Crippen LogP contribution in [0.15, 0.2) is 17.3 Å². The van der Waals surface area contributed by atoms with Crippen LogP contribution in [-0.4, -0.2) is 30.8 Å². The van der Waals surface area contributed by atoms with E-state index in [-0.39, 0.29) is 0 Å². The molecule has 0 N–H and O–H groups in total. The maximum atomic E-state index is 4.35. The first kappa shape index (κ1) is 10.1. The van der Waals surface area contributed by atoms with Crippen LogP contribution in [0.4, 0.5) is 5.69 Å². The predicted octanol–water partition coefficient (Wildman–Crippen LogP) is 1.90. The molecule has 3 heteroatoms. The van der Waals surface area contributed by atoms with E-state index >= 15 is 0 Å². The lowest BCUT2D eigenvalue weighted by atomic mass is 10.1. The summed E-state index contributed by atoms with van der Waals surface area (Å²) in [6, 6.07) is 2.12. The molecular weight excluding hydrogens is 186 g/mol. The minimum atomic E-state index is 0.896. The van der Waals surface area contributed by atoms with Gasteiger partial charge in [0.25, 0.3) is 0 Å². The van der Waals surface area contributed by atoms with Crippen molar-refractivity contribution in [1.82, 2.24) is 4.98 Å². The molecule has 0 amide bonds. The summed E-state index contributed by atoms with van der Waals surface area (Å²) in [5.41, 5.74) is 3.73. The Balaban J connectivity index is 2.43. The predicted molar refractivity (Wildman–Crippen MR) is 64.0 cm³/mol. The van der Waals surface area contributed by atoms with Crippen LogP contribution in [-0.2, 0) is 6.42 Å². The minimum absolute atomic E-state index is 0.896. The summed E-state index contributed by atoms with van der Waals surface area (Å²) in [4.78, 5) is 11.0. The molecule has 0 bridgehead atoms. The van der Waals surface area contributed by atoms with Gasteiger partial charge < -0.3 is 4.90 Å². The number of aromatic nitrogens is 1. The summed E-state index contributed by atoms with van der Waals surface area (Å²) < 4.78 is 0. The van der Waals surface area contributed by atoms with Crippen LogP contribution in [0.2, 0.25) is 0 Å². The zero-order valence-electron chi connectivity index (χ0n) is 9.40. The van der Waals surface area contributed by atoms with Gasteiger partial charge in [0, 0.05) is 43.3 Å². The zero-order chi connectivity index (χ0) is 10.7. The van der Waals surface area contributed by atoms with Gasteiger partial charge in [0.2, 0.25) is 0 Å². The second-order valence-electron chi connectivity index (χ2n) is 3.65. The maximum absolute atomic E-state index is 4.35. The van der Waals surface area contributed by atoms with Gasteiger partial charge in [0.15, 0.2) is 0 Å². The van der Waals surface area contributed by atoms with Gasteiger partial charge in [-0.15, -0.1) is 0 Å². The highest BCUT2D eigenvalue weighted by atomic mass is 15.1. The highest BCUT2D eigenvalue weighted by molar-refractivity contribution is 5.83. The smallest absolute Gasteiger partial charge is 0.0861 e. The highest BCUT2D eigenvalue weighted by Crippen LogP contribution is 2.23. The van der Waals surface area contributed by atoms with Gasteiger partial charge in [0.1, 0.15) is 0 Å². The number of rotatable bonds is 3. The Hall–Kier alpha value is -1.38. The Morgan fingerprint density at radius 2 is 2.13 bits per heavy atom. The van der Waals surface area contributed by atoms with Crippen molar-refractivity contribution in [1.29, 1.82) is 0 Å². The molecule has 2 rings (SSSR count). The second kappa shape index (κ2) is 4.43. The average Bonchev–Trinajstić information content (AvgIpc) is 2.31. The number of aliphatic imine (C=N–C) groups is 1. The molecule has 1 aromatic rings. The first-order valence-corrected chi connectivity index (χ1v) is 5.59. The van der Waals surface area contributed by atoms with Crippen molar-refractivity contribution in [3.05, 3.63) is 23.5 Å². The lowest BCUT2D eigenvalue weighted by Crippen LogP contribution is -2.24. The van der Waals surface area contributed by atoms with E-state index in [0.717, 1.165) is 31.7 Å². The van der Waals surface area contributed by atoms with Gasteiger partial charge in [-0.2, -0.15) is 0 Å². The van der Waals surface area contributed by atoms with Crippen LogP contribution in [0.5, 0.6) is 0 Å². The third-order valence-corrected chi connectivity index (χ3v) is 2.87. The summed E-state index contributed by atoms with van der Waals surface area (Å²) in [5, 5.41) is 0. The fourth-order valence-corrected chi connectivity index (χ4v) is 2.05. The number of nitrogens with zero attached hydrogens (tertiary/aromatic N) is 3. The molecule has 0 saturated carbocycles. The molecule has 1 aliphatic heterocycles. The van der Waals surface area contributed by atoms with Crippen LogP contribution < -0.4 is 4.90 Å². The first-order chi connectivity index (χ1) is 7.36. The highest BCUT2D eigenvalue weighted by Gasteiger charge is 2.14. The molecule has 1 aromatic heterocycles. The normalized spacial score (nSPS) is 13.7. The Kier molecular flexibility index (Phi) is 2.99. The van der Waals surface area contributed by atoms with E-state index in [4.69, 9.17) is 0 Å². The van der Waals surface area contributed by atoms with Crippen molar-refractivity contribution in [3.63, 3.8) is 0 Å². The minimum Gasteiger partial charge on any atom is -0.372 e. The maximum Gasteiger partial charge on any atom is 0.0861 e. The Bertz CT molecular complexity index is 367. The van der Waals surface area contributed by atoms with Crippen molar-refractivity contribution >= 4 is 11.9 Å². The monoisotopic (exact) mass is 203 g/mol. The molecule has 0 fully saturated rings. The summed E-state index contributed by atoms with van der Waals surface area (Å²) in [7, 11) is 0. The Labute approximate surface area is 90.9 Å². The van der Waals surface area contributed by atoms with Crippen LogP contribution in [0.3, 0.4) is 0 Å². The average molecular weight is 203 g/mol. The van der Waals surface area contributed by atoms with E-state index in [2.05, 4.69) is 34.8 Å². The van der Waals surface area contributed by atoms with Crippen LogP contribution in [0, 0.1) is 0 Å². The molecule has 15 heavy (non-hydrogen) atoms. The zero-order valence-corrected chi connectivity index (χ0v) is 9.40. The number of fused-ring (bicyclic) bond motifs is 1. The molecule has 0 unspecified atom stereocenters. The van der Waals surface area contributed by atoms with E-state index in [0.29, 0.717) is 0 Å². The summed E-state index contributed by atoms with van der Waals surface area (Å²) in [5.74, 6) is 0. The summed E-state index contributed by atoms with van der Waals surface area (Å²) in [6.45, 7) is 7.36. The topological polar surface area (TPSA) is 28.5 Å². The van der Waals surface area contributed by atoms with Gasteiger partial charge in [-0.25, -0.2) is 0 Å². The lowest BCUT2D eigenvalue weighted by Gasteiger charge is -2.25. The Morgan fingerprint density at radius 1 is 1.33 bits per heavy atom. The van der Waals surface area contributed by atoms with Gasteiger partial charge in [-0.3, -0.25) is 9.98 Å². The third-order valence-electron chi connectivity index (χ3n) is 2.87. The van der Waals surface area contributed by atoms with Gasteiger partial charge in [-0.05, 0) is 26.3 Å². The van der Waals surface area contributed by atoms with Crippen LogP contribution >= 0.6 is 0 Å². The Morgan fingerprint density at radius 3 is 2.87 bits per heavy atom. The van der Waals surface area contributed by atoms with Gasteiger partial charge in [0.05, 0.1) is 5.69 Å². The standard InChI is InChI=1S/C12H17N3/c1-3-15(4-2)12-6-8-14-11-9-13-7-5-10(11)12/h6,8-9H,3-5,7H2,1-2H3. The molecule has 80 valence electrons. The molecule has 0 radical (unpaired) electrons. The van der Waals surface area contributed by atoms with E-state index in [1.165, 1.54) is 11.3 Å². The molecule has 2 heterocycles. The lowest BCUT2D eigenvalue weighted by molar-refractivity contribution is 0.839. The summed E-state index contributed by atoms with van der Waals surface area (Å²) in [6.07, 6.45) is 4.79. The van der Waals surface area contributed by atoms with Crippen molar-refractivity contribution in [2.45, 2.75) is 20.3 Å². The van der Waals surface area contributed by atoms with E-state index in [1.807, 2.05) is 12.4 Å². The second-order valence-corrected chi connectivity index (χ2v) is 3.65. The van der Waals surface area contributed by atoms with Crippen LogP contribution in [0.25, 0.3) is 0 Å². The molecule has 3 nitrogen and oxygen atoms in total. The number of hydrogen-bond acceptors (Lipinski definition) is 3. The molecule has 0 saturated heterocycles. The molecule has 0 aromatic carbocycles. The SMILES string of the molecule is CCN(CC)c1ccnc2c1CCN=C2. The molecule has 0 atom stereocenters. The van der Waals surface area contributed by atoms with Gasteiger partial charge >= 0.3 is 0 Å². The third kappa shape index (κ3) is 1.87. The first-order valence-electron chi connectivity index (χ1n) is 5.59. The fraction of sp³-hybridized carbons (Fsp3) is 0.500. The van der Waals surface area contributed by atoms with E-state index < -0.39 is 0 Å².